The highest BCUT2D eigenvalue weighted by molar-refractivity contribution is 9.10. The van der Waals surface area contributed by atoms with E-state index < -0.39 is 6.04 Å². The van der Waals surface area contributed by atoms with Gasteiger partial charge in [-0.1, -0.05) is 46.3 Å². The lowest BCUT2D eigenvalue weighted by molar-refractivity contribution is -0.141. The van der Waals surface area contributed by atoms with Gasteiger partial charge in [-0.15, -0.1) is 0 Å². The van der Waals surface area contributed by atoms with Crippen LogP contribution in [0.4, 0.5) is 0 Å². The lowest BCUT2D eigenvalue weighted by Crippen LogP contribution is -2.51. The number of hydrogen-bond donors (Lipinski definition) is 1. The zero-order valence-corrected chi connectivity index (χ0v) is 19.0. The van der Waals surface area contributed by atoms with E-state index in [0.29, 0.717) is 18.7 Å². The fraction of sp³-hybridized carbons (Fsp3) is 0.391. The Bertz CT molecular complexity index is 824. The Hall–Kier alpha value is -2.34. The molecular formula is C23H29BrN2O3. The van der Waals surface area contributed by atoms with Crippen LogP contribution in [-0.4, -0.2) is 41.9 Å². The summed E-state index contributed by atoms with van der Waals surface area (Å²) in [6.07, 6.45) is 0.670. The molecule has 0 aliphatic heterocycles. The summed E-state index contributed by atoms with van der Waals surface area (Å²) < 4.78 is 6.69. The summed E-state index contributed by atoms with van der Waals surface area (Å²) in [6, 6.07) is 14.9. The Kier molecular flexibility index (Phi) is 8.70. The van der Waals surface area contributed by atoms with Crippen molar-refractivity contribution < 1.29 is 14.3 Å². The number of nitrogens with zero attached hydrogens (tertiary/aromatic N) is 1. The van der Waals surface area contributed by atoms with E-state index in [9.17, 15) is 9.59 Å². The molecule has 2 aromatic carbocycles. The van der Waals surface area contributed by atoms with Crippen LogP contribution >= 0.6 is 15.9 Å². The van der Waals surface area contributed by atoms with Crippen LogP contribution in [0.1, 0.15) is 31.9 Å². The van der Waals surface area contributed by atoms with Gasteiger partial charge in [-0.2, -0.15) is 0 Å². The average molecular weight is 461 g/mol. The van der Waals surface area contributed by atoms with Gasteiger partial charge in [-0.05, 0) is 63.4 Å². The summed E-state index contributed by atoms with van der Waals surface area (Å²) in [5, 5.41) is 2.88. The van der Waals surface area contributed by atoms with Crippen LogP contribution in [0, 0.1) is 6.92 Å². The monoisotopic (exact) mass is 460 g/mol. The predicted octanol–water partition coefficient (Wildman–Crippen LogP) is 4.12. The fourth-order valence-electron chi connectivity index (χ4n) is 2.91. The molecule has 1 N–H and O–H groups in total. The molecule has 0 aliphatic rings. The Labute approximate surface area is 181 Å². The summed E-state index contributed by atoms with van der Waals surface area (Å²) in [6.45, 7) is 7.85. The maximum atomic E-state index is 12.9. The fourth-order valence-corrected chi connectivity index (χ4v) is 3.16. The summed E-state index contributed by atoms with van der Waals surface area (Å²) >= 11 is 3.45. The van der Waals surface area contributed by atoms with Gasteiger partial charge in [0.05, 0.1) is 0 Å². The van der Waals surface area contributed by atoms with E-state index in [1.165, 1.54) is 0 Å². The first-order valence-electron chi connectivity index (χ1n) is 9.80. The normalized spacial score (nSPS) is 11.8. The van der Waals surface area contributed by atoms with Gasteiger partial charge in [0.25, 0.3) is 5.91 Å². The lowest BCUT2D eigenvalue weighted by atomic mass is 10.1. The maximum Gasteiger partial charge on any atom is 0.261 e. The van der Waals surface area contributed by atoms with Crippen LogP contribution in [0.2, 0.25) is 0 Å². The number of nitrogens with one attached hydrogen (secondary N) is 1. The highest BCUT2D eigenvalue weighted by Gasteiger charge is 2.26. The van der Waals surface area contributed by atoms with Gasteiger partial charge in [0.2, 0.25) is 5.91 Å². The third-order valence-electron chi connectivity index (χ3n) is 4.57. The number of ether oxygens (including phenoxy) is 1. The van der Waals surface area contributed by atoms with Gasteiger partial charge in [0.1, 0.15) is 11.8 Å². The van der Waals surface area contributed by atoms with Crippen LogP contribution in [0.25, 0.3) is 0 Å². The van der Waals surface area contributed by atoms with Gasteiger partial charge in [-0.3, -0.25) is 9.59 Å². The molecule has 0 fully saturated rings. The zero-order valence-electron chi connectivity index (χ0n) is 17.4. The predicted molar refractivity (Wildman–Crippen MR) is 119 cm³/mol. The molecule has 1 atom stereocenters. The molecule has 0 bridgehead atoms. The Morgan fingerprint density at radius 1 is 1.10 bits per heavy atom. The number of hydrogen-bond acceptors (Lipinski definition) is 3. The highest BCUT2D eigenvalue weighted by Crippen LogP contribution is 2.21. The van der Waals surface area contributed by atoms with Crippen LogP contribution in [0.15, 0.2) is 53.0 Å². The molecule has 0 aliphatic carbocycles. The summed E-state index contributed by atoms with van der Waals surface area (Å²) in [7, 11) is 0. The van der Waals surface area contributed by atoms with Crippen molar-refractivity contribution in [1.82, 2.24) is 10.2 Å². The van der Waals surface area contributed by atoms with Crippen molar-refractivity contribution in [3.63, 3.8) is 0 Å². The van der Waals surface area contributed by atoms with E-state index in [4.69, 9.17) is 4.74 Å². The van der Waals surface area contributed by atoms with Gasteiger partial charge in [0.15, 0.2) is 6.61 Å². The largest absolute Gasteiger partial charge is 0.484 e. The van der Waals surface area contributed by atoms with Crippen LogP contribution in [0.5, 0.6) is 5.75 Å². The summed E-state index contributed by atoms with van der Waals surface area (Å²) in [5.74, 6) is 0.246. The molecule has 0 radical (unpaired) electrons. The molecule has 1 unspecified atom stereocenters. The van der Waals surface area contributed by atoms with Crippen molar-refractivity contribution in [3.05, 3.63) is 64.1 Å². The van der Waals surface area contributed by atoms with E-state index in [1.54, 1.807) is 11.8 Å². The highest BCUT2D eigenvalue weighted by atomic mass is 79.9. The first-order valence-corrected chi connectivity index (χ1v) is 10.6. The van der Waals surface area contributed by atoms with Crippen molar-refractivity contribution in [2.75, 3.05) is 13.2 Å². The second-order valence-electron chi connectivity index (χ2n) is 7.36. The molecular weight excluding hydrogens is 432 g/mol. The van der Waals surface area contributed by atoms with Gasteiger partial charge >= 0.3 is 0 Å². The molecule has 0 aromatic heterocycles. The average Bonchev–Trinajstić information content (AvgIpc) is 2.69. The van der Waals surface area contributed by atoms with Crippen LogP contribution in [0.3, 0.4) is 0 Å². The van der Waals surface area contributed by atoms with E-state index >= 15 is 0 Å². The maximum absolute atomic E-state index is 12.9. The number of carbonyl (C=O) groups is 2. The van der Waals surface area contributed by atoms with Crippen molar-refractivity contribution in [2.45, 2.75) is 46.2 Å². The summed E-state index contributed by atoms with van der Waals surface area (Å²) in [4.78, 5) is 27.0. The minimum absolute atomic E-state index is 0.0121. The van der Waals surface area contributed by atoms with E-state index in [1.807, 2.05) is 69.3 Å². The van der Waals surface area contributed by atoms with E-state index in [2.05, 4.69) is 21.2 Å². The zero-order chi connectivity index (χ0) is 21.4. The van der Waals surface area contributed by atoms with Crippen LogP contribution < -0.4 is 10.1 Å². The van der Waals surface area contributed by atoms with Crippen molar-refractivity contribution in [3.8, 4) is 5.75 Å². The summed E-state index contributed by atoms with van der Waals surface area (Å²) in [5.41, 5.74) is 2.15. The van der Waals surface area contributed by atoms with Gasteiger partial charge in [0, 0.05) is 17.1 Å². The third kappa shape index (κ3) is 7.20. The second-order valence-corrected chi connectivity index (χ2v) is 8.22. The van der Waals surface area contributed by atoms with Gasteiger partial charge < -0.3 is 15.0 Å². The van der Waals surface area contributed by atoms with E-state index in [-0.39, 0.29) is 24.5 Å². The molecule has 2 aromatic rings. The molecule has 0 saturated carbocycles. The number of rotatable bonds is 9. The second kappa shape index (κ2) is 11.0. The molecule has 156 valence electrons. The SMILES string of the molecule is Cc1cc(OCC(=O)N(CCc2ccccc2)C(C)C(=O)NC(C)C)ccc1Br. The molecule has 6 heteroatoms. The quantitative estimate of drug-likeness (QED) is 0.611. The van der Waals surface area contributed by atoms with Crippen LogP contribution in [-0.2, 0) is 16.0 Å². The lowest BCUT2D eigenvalue weighted by Gasteiger charge is -2.29. The topological polar surface area (TPSA) is 58.6 Å². The Balaban J connectivity index is 2.07. The number of benzene rings is 2. The molecule has 0 saturated heterocycles. The molecule has 0 heterocycles. The van der Waals surface area contributed by atoms with Crippen molar-refractivity contribution in [1.29, 1.82) is 0 Å². The number of carbonyl (C=O) groups excluding carboxylic acids is 2. The smallest absolute Gasteiger partial charge is 0.261 e. The first-order chi connectivity index (χ1) is 13.8. The molecule has 0 spiro atoms. The number of halogens is 1. The molecule has 2 rings (SSSR count). The standard InChI is InChI=1S/C23H29BrN2O3/c1-16(2)25-23(28)18(4)26(13-12-19-8-6-5-7-9-19)22(27)15-29-20-10-11-21(24)17(3)14-20/h5-11,14,16,18H,12-13,15H2,1-4H3,(H,25,28). The van der Waals surface area contributed by atoms with Crippen molar-refractivity contribution in [2.24, 2.45) is 0 Å². The van der Waals surface area contributed by atoms with Gasteiger partial charge in [-0.25, -0.2) is 0 Å². The molecule has 2 amide bonds. The minimum atomic E-state index is -0.580. The Morgan fingerprint density at radius 3 is 2.41 bits per heavy atom. The minimum Gasteiger partial charge on any atom is -0.484 e. The third-order valence-corrected chi connectivity index (χ3v) is 5.46. The molecule has 29 heavy (non-hydrogen) atoms. The Morgan fingerprint density at radius 2 is 1.79 bits per heavy atom. The number of aryl methyl sites for hydroxylation is 1. The number of amides is 2. The van der Waals surface area contributed by atoms with Crippen molar-refractivity contribution >= 4 is 27.7 Å². The molecule has 5 nitrogen and oxygen atoms in total. The first kappa shape index (κ1) is 22.9. The van der Waals surface area contributed by atoms with E-state index in [0.717, 1.165) is 15.6 Å².